The minimum Gasteiger partial charge on any atom is -0.294 e. The van der Waals surface area contributed by atoms with Crippen molar-refractivity contribution in [3.8, 4) is 5.69 Å². The first-order valence-electron chi connectivity index (χ1n) is 6.64. The van der Waals surface area contributed by atoms with E-state index in [-0.39, 0.29) is 11.7 Å². The maximum Gasteiger partial charge on any atom is 0.416 e. The Morgan fingerprint density at radius 1 is 1.29 bits per heavy atom. The van der Waals surface area contributed by atoms with Gasteiger partial charge in [-0.25, -0.2) is 4.68 Å². The highest BCUT2D eigenvalue weighted by atomic mass is 19.4. The Balaban J connectivity index is 2.09. The summed E-state index contributed by atoms with van der Waals surface area (Å²) in [6, 6.07) is 4.98. The van der Waals surface area contributed by atoms with Gasteiger partial charge in [-0.05, 0) is 30.5 Å². The topological polar surface area (TPSA) is 34.9 Å². The van der Waals surface area contributed by atoms with E-state index in [0.29, 0.717) is 29.8 Å². The van der Waals surface area contributed by atoms with Gasteiger partial charge in [0.05, 0.1) is 28.7 Å². The van der Waals surface area contributed by atoms with Crippen molar-refractivity contribution >= 4 is 5.78 Å². The average molecular weight is 294 g/mol. The van der Waals surface area contributed by atoms with E-state index >= 15 is 0 Å². The summed E-state index contributed by atoms with van der Waals surface area (Å²) in [6.45, 7) is 1.95. The molecule has 1 aliphatic rings. The molecule has 21 heavy (non-hydrogen) atoms. The molecule has 0 N–H and O–H groups in total. The summed E-state index contributed by atoms with van der Waals surface area (Å²) >= 11 is 0. The lowest BCUT2D eigenvalue weighted by atomic mass is 9.88. The number of benzene rings is 1. The Morgan fingerprint density at radius 3 is 2.76 bits per heavy atom. The number of ketones is 1. The normalized spacial score (nSPS) is 18.7. The summed E-state index contributed by atoms with van der Waals surface area (Å²) in [5, 5.41) is 4.10. The number of alkyl halides is 3. The summed E-state index contributed by atoms with van der Waals surface area (Å²) in [7, 11) is 0. The van der Waals surface area contributed by atoms with E-state index in [4.69, 9.17) is 0 Å². The van der Waals surface area contributed by atoms with Crippen LogP contribution in [0.2, 0.25) is 0 Å². The molecule has 0 spiro atoms. The predicted octanol–water partition coefficient (Wildman–Crippen LogP) is 3.66. The number of carbonyl (C=O) groups is 1. The van der Waals surface area contributed by atoms with E-state index in [2.05, 4.69) is 5.10 Å². The molecule has 0 saturated heterocycles. The summed E-state index contributed by atoms with van der Waals surface area (Å²) in [5.41, 5.74) is 0.816. The number of Topliss-reactive ketones (excluding diaryl/α,β-unsaturated/α-hetero) is 1. The molecule has 3 nitrogen and oxygen atoms in total. The van der Waals surface area contributed by atoms with E-state index in [1.165, 1.54) is 16.9 Å². The quantitative estimate of drug-likeness (QED) is 0.804. The lowest BCUT2D eigenvalue weighted by Crippen LogP contribution is -2.19. The fourth-order valence-electron chi connectivity index (χ4n) is 2.67. The molecular weight excluding hydrogens is 281 g/mol. The van der Waals surface area contributed by atoms with Gasteiger partial charge in [0.2, 0.25) is 0 Å². The molecule has 1 heterocycles. The first kappa shape index (κ1) is 13.9. The van der Waals surface area contributed by atoms with Crippen molar-refractivity contribution in [2.24, 2.45) is 5.92 Å². The molecular formula is C15H13F3N2O. The summed E-state index contributed by atoms with van der Waals surface area (Å²) in [6.07, 6.45) is -1.85. The smallest absolute Gasteiger partial charge is 0.294 e. The zero-order valence-corrected chi connectivity index (χ0v) is 11.3. The van der Waals surface area contributed by atoms with Crippen molar-refractivity contribution in [3.05, 3.63) is 47.3 Å². The van der Waals surface area contributed by atoms with E-state index in [1.807, 2.05) is 6.92 Å². The summed E-state index contributed by atoms with van der Waals surface area (Å²) in [4.78, 5) is 11.9. The lowest BCUT2D eigenvalue weighted by molar-refractivity contribution is -0.137. The lowest BCUT2D eigenvalue weighted by Gasteiger charge is -2.19. The number of aromatic nitrogens is 2. The molecule has 2 aromatic rings. The van der Waals surface area contributed by atoms with Gasteiger partial charge >= 0.3 is 6.18 Å². The zero-order chi connectivity index (χ0) is 15.2. The fourth-order valence-corrected chi connectivity index (χ4v) is 2.67. The molecule has 6 heteroatoms. The first-order chi connectivity index (χ1) is 9.86. The Morgan fingerprint density at radius 2 is 2.05 bits per heavy atom. The number of hydrogen-bond acceptors (Lipinski definition) is 2. The molecule has 1 atom stereocenters. The first-order valence-corrected chi connectivity index (χ1v) is 6.64. The second-order valence-electron chi connectivity index (χ2n) is 5.40. The van der Waals surface area contributed by atoms with E-state index in [1.54, 1.807) is 6.07 Å². The molecule has 1 unspecified atom stereocenters. The van der Waals surface area contributed by atoms with E-state index < -0.39 is 11.7 Å². The van der Waals surface area contributed by atoms with Gasteiger partial charge in [-0.3, -0.25) is 4.79 Å². The van der Waals surface area contributed by atoms with Crippen molar-refractivity contribution in [1.82, 2.24) is 9.78 Å². The fraction of sp³-hybridized carbons (Fsp3) is 0.333. The average Bonchev–Trinajstić information content (AvgIpc) is 2.82. The van der Waals surface area contributed by atoms with Gasteiger partial charge in [0.25, 0.3) is 0 Å². The van der Waals surface area contributed by atoms with Gasteiger partial charge in [-0.2, -0.15) is 18.3 Å². The molecule has 0 saturated carbocycles. The minimum absolute atomic E-state index is 0.00183. The third kappa shape index (κ3) is 2.46. The Bertz CT molecular complexity index is 703. The van der Waals surface area contributed by atoms with Gasteiger partial charge < -0.3 is 0 Å². The van der Waals surface area contributed by atoms with E-state index in [0.717, 1.165) is 12.1 Å². The molecule has 0 fully saturated rings. The molecule has 0 amide bonds. The van der Waals surface area contributed by atoms with Gasteiger partial charge in [0.15, 0.2) is 5.78 Å². The van der Waals surface area contributed by atoms with Crippen LogP contribution in [0.15, 0.2) is 30.5 Å². The third-order valence-corrected chi connectivity index (χ3v) is 3.66. The maximum absolute atomic E-state index is 12.8. The Labute approximate surface area is 119 Å². The van der Waals surface area contributed by atoms with Crippen LogP contribution in [0.5, 0.6) is 0 Å². The number of rotatable bonds is 1. The molecule has 1 aliphatic carbocycles. The van der Waals surface area contributed by atoms with E-state index in [9.17, 15) is 18.0 Å². The molecule has 3 rings (SSSR count). The van der Waals surface area contributed by atoms with Crippen LogP contribution in [0.1, 0.15) is 35.0 Å². The van der Waals surface area contributed by atoms with Crippen LogP contribution in [0.25, 0.3) is 5.69 Å². The van der Waals surface area contributed by atoms with Crippen molar-refractivity contribution in [3.63, 3.8) is 0 Å². The second-order valence-corrected chi connectivity index (χ2v) is 5.40. The molecule has 0 bridgehead atoms. The number of nitrogens with zero attached hydrogens (tertiary/aromatic N) is 2. The van der Waals surface area contributed by atoms with Crippen LogP contribution in [0.4, 0.5) is 13.2 Å². The number of fused-ring (bicyclic) bond motifs is 1. The van der Waals surface area contributed by atoms with Crippen LogP contribution >= 0.6 is 0 Å². The van der Waals surface area contributed by atoms with Gasteiger partial charge in [-0.1, -0.05) is 13.0 Å². The second kappa shape index (κ2) is 4.72. The van der Waals surface area contributed by atoms with Crippen LogP contribution in [0.3, 0.4) is 0 Å². The Kier molecular flexibility index (Phi) is 3.11. The number of carbonyl (C=O) groups excluding carboxylic acids is 1. The van der Waals surface area contributed by atoms with Crippen LogP contribution in [-0.4, -0.2) is 15.6 Å². The predicted molar refractivity (Wildman–Crippen MR) is 70.4 cm³/mol. The molecule has 110 valence electrons. The summed E-state index contributed by atoms with van der Waals surface area (Å²) in [5.74, 6) is 0.174. The van der Waals surface area contributed by atoms with Crippen molar-refractivity contribution in [2.45, 2.75) is 25.9 Å². The number of halogens is 3. The SMILES string of the molecule is CC1CC(=O)c2cnn(-c3cccc(C(F)(F)F)c3)c2C1. The highest BCUT2D eigenvalue weighted by Crippen LogP contribution is 2.32. The van der Waals surface area contributed by atoms with Crippen LogP contribution < -0.4 is 0 Å². The number of hydrogen-bond donors (Lipinski definition) is 0. The van der Waals surface area contributed by atoms with Crippen molar-refractivity contribution in [1.29, 1.82) is 0 Å². The molecule has 0 aliphatic heterocycles. The highest BCUT2D eigenvalue weighted by molar-refractivity contribution is 5.98. The Hall–Kier alpha value is -2.11. The molecule has 0 radical (unpaired) electrons. The van der Waals surface area contributed by atoms with Crippen LogP contribution in [0, 0.1) is 5.92 Å². The van der Waals surface area contributed by atoms with Crippen molar-refractivity contribution < 1.29 is 18.0 Å². The third-order valence-electron chi connectivity index (χ3n) is 3.66. The maximum atomic E-state index is 12.8. The monoisotopic (exact) mass is 294 g/mol. The molecule has 1 aromatic carbocycles. The van der Waals surface area contributed by atoms with Gasteiger partial charge in [0.1, 0.15) is 0 Å². The van der Waals surface area contributed by atoms with Crippen LogP contribution in [-0.2, 0) is 12.6 Å². The largest absolute Gasteiger partial charge is 0.416 e. The summed E-state index contributed by atoms with van der Waals surface area (Å²) < 4.78 is 39.8. The standard InChI is InChI=1S/C15H13F3N2O/c1-9-5-13-12(14(21)6-9)8-19-20(13)11-4-2-3-10(7-11)15(16,17)18/h2-4,7-9H,5-6H2,1H3. The highest BCUT2D eigenvalue weighted by Gasteiger charge is 2.31. The minimum atomic E-state index is -4.40. The van der Waals surface area contributed by atoms with Gasteiger partial charge in [0, 0.05) is 6.42 Å². The van der Waals surface area contributed by atoms with Gasteiger partial charge in [-0.15, -0.1) is 0 Å². The molecule has 1 aromatic heterocycles. The zero-order valence-electron chi connectivity index (χ0n) is 11.3. The van der Waals surface area contributed by atoms with Crippen molar-refractivity contribution in [2.75, 3.05) is 0 Å².